The lowest BCUT2D eigenvalue weighted by Gasteiger charge is -2.26. The van der Waals surface area contributed by atoms with Crippen LogP contribution in [0.1, 0.15) is 31.2 Å². The number of methoxy groups -OCH3 is 1. The summed E-state index contributed by atoms with van der Waals surface area (Å²) in [6.45, 7) is 3.64. The summed E-state index contributed by atoms with van der Waals surface area (Å²) in [5.41, 5.74) is 3.68. The number of ether oxygens (including phenoxy) is 2. The molecule has 0 radical (unpaired) electrons. The number of para-hydroxylation sites is 1. The molecule has 0 spiro atoms. The molecule has 0 aliphatic carbocycles. The lowest BCUT2D eigenvalue weighted by atomic mass is 9.91. The number of nitrogens with zero attached hydrogens (tertiary/aromatic N) is 1. The van der Waals surface area contributed by atoms with Crippen molar-refractivity contribution in [1.29, 1.82) is 0 Å². The summed E-state index contributed by atoms with van der Waals surface area (Å²) in [6, 6.07) is 29.4. The van der Waals surface area contributed by atoms with Crippen LogP contribution in [0.5, 0.6) is 17.2 Å². The van der Waals surface area contributed by atoms with Crippen molar-refractivity contribution in [2.75, 3.05) is 26.7 Å². The van der Waals surface area contributed by atoms with E-state index in [1.807, 2.05) is 42.5 Å². The highest BCUT2D eigenvalue weighted by molar-refractivity contribution is 5.97. The molecule has 1 saturated heterocycles. The first-order valence-corrected chi connectivity index (χ1v) is 12.5. The van der Waals surface area contributed by atoms with Gasteiger partial charge in [0.2, 0.25) is 0 Å². The fourth-order valence-corrected chi connectivity index (χ4v) is 5.03. The number of hydrogen-bond donors (Lipinski definition) is 0. The first-order valence-electron chi connectivity index (χ1n) is 12.5. The van der Waals surface area contributed by atoms with Crippen molar-refractivity contribution in [2.24, 2.45) is 0 Å². The molecule has 0 bridgehead atoms. The molecular weight excluding hydrogens is 418 g/mol. The van der Waals surface area contributed by atoms with Crippen molar-refractivity contribution in [3.8, 4) is 28.4 Å². The molecule has 0 unspecified atom stereocenters. The largest absolute Gasteiger partial charge is 0.497 e. The van der Waals surface area contributed by atoms with E-state index in [1.54, 1.807) is 7.11 Å². The van der Waals surface area contributed by atoms with Crippen molar-refractivity contribution < 1.29 is 9.47 Å². The van der Waals surface area contributed by atoms with Gasteiger partial charge < -0.3 is 14.4 Å². The van der Waals surface area contributed by atoms with Gasteiger partial charge in [0.1, 0.15) is 17.2 Å². The van der Waals surface area contributed by atoms with Gasteiger partial charge in [-0.1, -0.05) is 67.1 Å². The molecular formula is C31H33NO2. The molecule has 0 amide bonds. The number of aryl methyl sites for hydroxylation is 1. The topological polar surface area (TPSA) is 21.7 Å². The third-order valence-corrected chi connectivity index (χ3v) is 6.79. The van der Waals surface area contributed by atoms with Crippen LogP contribution >= 0.6 is 0 Å². The van der Waals surface area contributed by atoms with Crippen LogP contribution in [-0.4, -0.2) is 31.6 Å². The summed E-state index contributed by atoms with van der Waals surface area (Å²) in [6.07, 6.45) is 6.22. The molecule has 4 aromatic rings. The first kappa shape index (κ1) is 22.5. The Bertz CT molecular complexity index is 1210. The fraction of sp³-hybridized carbons (Fsp3) is 0.290. The quantitative estimate of drug-likeness (QED) is 0.274. The second-order valence-corrected chi connectivity index (χ2v) is 9.11. The Labute approximate surface area is 202 Å². The molecule has 0 atom stereocenters. The predicted molar refractivity (Wildman–Crippen MR) is 141 cm³/mol. The zero-order valence-electron chi connectivity index (χ0n) is 20.0. The van der Waals surface area contributed by atoms with Gasteiger partial charge in [0, 0.05) is 10.9 Å². The van der Waals surface area contributed by atoms with Gasteiger partial charge in [-0.25, -0.2) is 0 Å². The minimum atomic E-state index is 0.855. The minimum Gasteiger partial charge on any atom is -0.497 e. The van der Waals surface area contributed by atoms with Crippen LogP contribution in [0.2, 0.25) is 0 Å². The Morgan fingerprint density at radius 2 is 1.50 bits per heavy atom. The Hall–Kier alpha value is -3.30. The summed E-state index contributed by atoms with van der Waals surface area (Å²) < 4.78 is 12.1. The van der Waals surface area contributed by atoms with Crippen LogP contribution in [0.3, 0.4) is 0 Å². The molecule has 1 heterocycles. The van der Waals surface area contributed by atoms with Gasteiger partial charge in [-0.05, 0) is 86.1 Å². The maximum Gasteiger partial charge on any atom is 0.143 e. The number of likely N-dealkylation sites (tertiary alicyclic amines) is 1. The van der Waals surface area contributed by atoms with Crippen LogP contribution in [0.25, 0.3) is 21.9 Å². The average Bonchev–Trinajstić information content (AvgIpc) is 2.90. The van der Waals surface area contributed by atoms with Gasteiger partial charge in [-0.3, -0.25) is 0 Å². The highest BCUT2D eigenvalue weighted by Crippen LogP contribution is 2.43. The summed E-state index contributed by atoms with van der Waals surface area (Å²) in [5.74, 6) is 2.65. The maximum absolute atomic E-state index is 6.63. The molecule has 1 fully saturated rings. The number of benzene rings is 4. The molecule has 5 rings (SSSR count). The van der Waals surface area contributed by atoms with Gasteiger partial charge in [-0.15, -0.1) is 0 Å². The number of hydrogen-bond acceptors (Lipinski definition) is 3. The van der Waals surface area contributed by atoms with E-state index in [2.05, 4.69) is 47.4 Å². The molecule has 0 aromatic heterocycles. The first-order chi connectivity index (χ1) is 16.8. The zero-order chi connectivity index (χ0) is 23.2. The molecule has 34 heavy (non-hydrogen) atoms. The SMILES string of the molecule is COc1ccc(-c2c(CCCN3CCCCC3)cc3ccccc3c2Oc2ccccc2)cc1. The fourth-order valence-electron chi connectivity index (χ4n) is 5.03. The molecule has 1 aliphatic rings. The average molecular weight is 452 g/mol. The van der Waals surface area contributed by atoms with Crippen LogP contribution in [0.15, 0.2) is 84.9 Å². The van der Waals surface area contributed by atoms with Crippen molar-refractivity contribution in [3.05, 3.63) is 90.5 Å². The Kier molecular flexibility index (Phi) is 7.11. The Balaban J connectivity index is 1.57. The van der Waals surface area contributed by atoms with Crippen LogP contribution in [-0.2, 0) is 6.42 Å². The van der Waals surface area contributed by atoms with Crippen molar-refractivity contribution in [1.82, 2.24) is 4.90 Å². The van der Waals surface area contributed by atoms with Crippen molar-refractivity contribution >= 4 is 10.8 Å². The summed E-state index contributed by atoms with van der Waals surface area (Å²) in [4.78, 5) is 2.62. The van der Waals surface area contributed by atoms with Crippen LogP contribution < -0.4 is 9.47 Å². The molecule has 0 saturated carbocycles. The van der Waals surface area contributed by atoms with E-state index >= 15 is 0 Å². The molecule has 1 aliphatic heterocycles. The van der Waals surface area contributed by atoms with Crippen molar-refractivity contribution in [2.45, 2.75) is 32.1 Å². The van der Waals surface area contributed by atoms with Crippen molar-refractivity contribution in [3.63, 3.8) is 0 Å². The smallest absolute Gasteiger partial charge is 0.143 e. The van der Waals surface area contributed by atoms with Crippen LogP contribution in [0.4, 0.5) is 0 Å². The molecule has 3 nitrogen and oxygen atoms in total. The Morgan fingerprint density at radius 3 is 2.26 bits per heavy atom. The zero-order valence-corrected chi connectivity index (χ0v) is 20.0. The lowest BCUT2D eigenvalue weighted by molar-refractivity contribution is 0.226. The standard InChI is InChI=1S/C31H33NO2/c1-33-27-18-16-24(17-19-27)30-26(12-10-22-32-20-8-3-9-21-32)23-25-11-6-7-15-29(25)31(30)34-28-13-4-2-5-14-28/h2,4-7,11,13-19,23H,3,8-10,12,20-22H2,1H3. The minimum absolute atomic E-state index is 0.855. The van der Waals surface area contributed by atoms with Gasteiger partial charge in [0.25, 0.3) is 0 Å². The molecule has 4 aromatic carbocycles. The summed E-state index contributed by atoms with van der Waals surface area (Å²) >= 11 is 0. The van der Waals surface area contributed by atoms with Crippen LogP contribution in [0, 0.1) is 0 Å². The van der Waals surface area contributed by atoms with Gasteiger partial charge in [-0.2, -0.15) is 0 Å². The normalized spacial score (nSPS) is 14.3. The number of piperidine rings is 1. The van der Waals surface area contributed by atoms with E-state index in [-0.39, 0.29) is 0 Å². The van der Waals surface area contributed by atoms with E-state index in [4.69, 9.17) is 9.47 Å². The monoisotopic (exact) mass is 451 g/mol. The predicted octanol–water partition coefficient (Wildman–Crippen LogP) is 7.73. The van der Waals surface area contributed by atoms with E-state index in [0.29, 0.717) is 0 Å². The highest BCUT2D eigenvalue weighted by atomic mass is 16.5. The highest BCUT2D eigenvalue weighted by Gasteiger charge is 2.18. The number of fused-ring (bicyclic) bond motifs is 1. The third kappa shape index (κ3) is 5.10. The summed E-state index contributed by atoms with van der Waals surface area (Å²) in [7, 11) is 1.71. The lowest BCUT2D eigenvalue weighted by Crippen LogP contribution is -2.30. The van der Waals surface area contributed by atoms with Gasteiger partial charge in [0.05, 0.1) is 7.11 Å². The Morgan fingerprint density at radius 1 is 0.765 bits per heavy atom. The van der Waals surface area contributed by atoms with E-state index < -0.39 is 0 Å². The third-order valence-electron chi connectivity index (χ3n) is 6.79. The summed E-state index contributed by atoms with van der Waals surface area (Å²) in [5, 5.41) is 2.36. The molecule has 174 valence electrons. The second-order valence-electron chi connectivity index (χ2n) is 9.11. The van der Waals surface area contributed by atoms with Gasteiger partial charge in [0.15, 0.2) is 0 Å². The number of rotatable bonds is 8. The molecule has 3 heteroatoms. The van der Waals surface area contributed by atoms with E-state index in [1.165, 1.54) is 48.9 Å². The maximum atomic E-state index is 6.63. The molecule has 0 N–H and O–H groups in total. The van der Waals surface area contributed by atoms with E-state index in [0.717, 1.165) is 47.6 Å². The van der Waals surface area contributed by atoms with Gasteiger partial charge >= 0.3 is 0 Å². The second kappa shape index (κ2) is 10.8. The van der Waals surface area contributed by atoms with E-state index in [9.17, 15) is 0 Å².